The molecule has 90 valence electrons. The minimum atomic E-state index is 0.249. The van der Waals surface area contributed by atoms with E-state index >= 15 is 0 Å². The van der Waals surface area contributed by atoms with Gasteiger partial charge in [-0.1, -0.05) is 11.6 Å². The maximum atomic E-state index is 6.08. The number of hydrogen-bond donors (Lipinski definition) is 1. The molecule has 0 amide bonds. The van der Waals surface area contributed by atoms with Gasteiger partial charge in [0.15, 0.2) is 10.6 Å². The minimum Gasteiger partial charge on any atom is -0.298 e. The highest BCUT2D eigenvalue weighted by Gasteiger charge is 2.12. The van der Waals surface area contributed by atoms with E-state index in [-0.39, 0.29) is 6.04 Å². The summed E-state index contributed by atoms with van der Waals surface area (Å²) < 4.78 is 3.46. The Balaban J connectivity index is 2.61. The Bertz CT molecular complexity index is 603. The highest BCUT2D eigenvalue weighted by Crippen LogP contribution is 2.28. The fraction of sp³-hybridized carbons (Fsp3) is 0.273. The van der Waals surface area contributed by atoms with Gasteiger partial charge in [-0.3, -0.25) is 9.67 Å². The molecule has 1 aromatic heterocycles. The lowest BCUT2D eigenvalue weighted by molar-refractivity contribution is 0.597. The maximum absolute atomic E-state index is 6.08. The van der Waals surface area contributed by atoms with Crippen LogP contribution in [0.25, 0.3) is 11.4 Å². The Labute approximate surface area is 118 Å². The molecule has 0 radical (unpaired) electrons. The van der Waals surface area contributed by atoms with Gasteiger partial charge in [-0.25, -0.2) is 0 Å². The molecule has 17 heavy (non-hydrogen) atoms. The van der Waals surface area contributed by atoms with Gasteiger partial charge < -0.3 is 0 Å². The van der Waals surface area contributed by atoms with E-state index in [2.05, 4.69) is 40.0 Å². The first kappa shape index (κ1) is 12.8. The van der Waals surface area contributed by atoms with Crippen molar-refractivity contribution in [1.29, 1.82) is 0 Å². The molecule has 0 saturated carbocycles. The quantitative estimate of drug-likeness (QED) is 0.815. The average Bonchev–Trinajstić information content (AvgIpc) is 2.64. The van der Waals surface area contributed by atoms with Crippen LogP contribution in [-0.4, -0.2) is 14.8 Å². The first-order valence-electron chi connectivity index (χ1n) is 5.13. The van der Waals surface area contributed by atoms with Crippen molar-refractivity contribution < 1.29 is 0 Å². The molecule has 0 aliphatic rings. The lowest BCUT2D eigenvalue weighted by Gasteiger charge is -2.10. The Morgan fingerprint density at radius 1 is 1.47 bits per heavy atom. The second-order valence-electron chi connectivity index (χ2n) is 3.95. The van der Waals surface area contributed by atoms with E-state index in [4.69, 9.17) is 23.8 Å². The summed E-state index contributed by atoms with van der Waals surface area (Å²) in [5, 5.41) is 7.72. The van der Waals surface area contributed by atoms with Crippen molar-refractivity contribution in [3.63, 3.8) is 0 Å². The summed E-state index contributed by atoms with van der Waals surface area (Å²) in [5.74, 6) is 0.805. The molecule has 1 heterocycles. The molecule has 2 rings (SSSR count). The molecule has 0 fully saturated rings. The van der Waals surface area contributed by atoms with Crippen molar-refractivity contribution in [2.24, 2.45) is 0 Å². The fourth-order valence-corrected chi connectivity index (χ4v) is 2.39. The zero-order chi connectivity index (χ0) is 12.6. The largest absolute Gasteiger partial charge is 0.298 e. The monoisotopic (exact) mass is 331 g/mol. The third kappa shape index (κ3) is 2.46. The summed E-state index contributed by atoms with van der Waals surface area (Å²) in [6.45, 7) is 4.13. The average molecular weight is 333 g/mol. The fourth-order valence-electron chi connectivity index (χ4n) is 1.62. The molecule has 0 unspecified atom stereocenters. The molecule has 3 nitrogen and oxygen atoms in total. The number of benzene rings is 1. The first-order valence-corrected chi connectivity index (χ1v) is 6.71. The van der Waals surface area contributed by atoms with Gasteiger partial charge in [0.25, 0.3) is 0 Å². The Kier molecular flexibility index (Phi) is 3.70. The number of nitrogens with zero attached hydrogens (tertiary/aromatic N) is 2. The molecular formula is C11H11BrClN3S. The molecule has 0 aliphatic carbocycles. The van der Waals surface area contributed by atoms with Gasteiger partial charge in [-0.05, 0) is 60.2 Å². The Morgan fingerprint density at radius 2 is 2.18 bits per heavy atom. The molecule has 0 bridgehead atoms. The molecule has 0 aliphatic heterocycles. The minimum absolute atomic E-state index is 0.249. The van der Waals surface area contributed by atoms with Gasteiger partial charge in [0.1, 0.15) is 0 Å². The SMILES string of the molecule is CC(C)n1c(-c2ccc(Br)c(Cl)c2)n[nH]c1=S. The van der Waals surface area contributed by atoms with Gasteiger partial charge in [-0.2, -0.15) is 5.10 Å². The summed E-state index contributed by atoms with van der Waals surface area (Å²) in [5.41, 5.74) is 0.944. The van der Waals surface area contributed by atoms with Crippen LogP contribution < -0.4 is 0 Å². The maximum Gasteiger partial charge on any atom is 0.195 e. The second-order valence-corrected chi connectivity index (χ2v) is 5.59. The normalized spacial score (nSPS) is 11.1. The van der Waals surface area contributed by atoms with Crippen molar-refractivity contribution >= 4 is 39.7 Å². The highest BCUT2D eigenvalue weighted by atomic mass is 79.9. The van der Waals surface area contributed by atoms with Crippen LogP contribution in [-0.2, 0) is 0 Å². The Morgan fingerprint density at radius 3 is 2.76 bits per heavy atom. The zero-order valence-electron chi connectivity index (χ0n) is 9.37. The molecule has 0 spiro atoms. The lowest BCUT2D eigenvalue weighted by Crippen LogP contribution is -2.03. The number of aromatic nitrogens is 3. The van der Waals surface area contributed by atoms with Crippen molar-refractivity contribution in [2.75, 3.05) is 0 Å². The molecule has 0 saturated heterocycles. The third-order valence-corrected chi connectivity index (χ3v) is 3.92. The van der Waals surface area contributed by atoms with Crippen LogP contribution in [0, 0.1) is 4.77 Å². The van der Waals surface area contributed by atoms with Crippen molar-refractivity contribution in [3.8, 4) is 11.4 Å². The van der Waals surface area contributed by atoms with Crippen molar-refractivity contribution in [1.82, 2.24) is 14.8 Å². The number of nitrogens with one attached hydrogen (secondary N) is 1. The standard InChI is InChI=1S/C11H11BrClN3S/c1-6(2)16-10(14-15-11(16)17)7-3-4-8(12)9(13)5-7/h3-6H,1-2H3,(H,15,17). The van der Waals surface area contributed by atoms with Gasteiger partial charge in [0.2, 0.25) is 0 Å². The molecule has 1 N–H and O–H groups in total. The number of aromatic amines is 1. The predicted octanol–water partition coefficient (Wildman–Crippen LogP) is 4.60. The van der Waals surface area contributed by atoms with E-state index in [1.54, 1.807) is 0 Å². The van der Waals surface area contributed by atoms with Crippen molar-refractivity contribution in [3.05, 3.63) is 32.5 Å². The van der Waals surface area contributed by atoms with E-state index in [1.165, 1.54) is 0 Å². The van der Waals surface area contributed by atoms with E-state index in [0.29, 0.717) is 9.79 Å². The number of rotatable bonds is 2. The molecule has 6 heteroatoms. The first-order chi connectivity index (χ1) is 8.00. The van der Waals surface area contributed by atoms with Crippen LogP contribution >= 0.6 is 39.7 Å². The third-order valence-electron chi connectivity index (χ3n) is 2.40. The number of halogens is 2. The summed E-state index contributed by atoms with van der Waals surface area (Å²) in [6.07, 6.45) is 0. The molecule has 0 atom stereocenters. The summed E-state index contributed by atoms with van der Waals surface area (Å²) in [7, 11) is 0. The molecule has 2 aromatic rings. The van der Waals surface area contributed by atoms with Crippen LogP contribution in [0.2, 0.25) is 5.02 Å². The van der Waals surface area contributed by atoms with E-state index in [9.17, 15) is 0 Å². The molecular weight excluding hydrogens is 322 g/mol. The topological polar surface area (TPSA) is 33.6 Å². The second kappa shape index (κ2) is 4.92. The van der Waals surface area contributed by atoms with Crippen LogP contribution in [0.5, 0.6) is 0 Å². The van der Waals surface area contributed by atoms with Crippen LogP contribution in [0.3, 0.4) is 0 Å². The smallest absolute Gasteiger partial charge is 0.195 e. The summed E-state index contributed by atoms with van der Waals surface area (Å²) in [6, 6.07) is 5.98. The van der Waals surface area contributed by atoms with E-state index < -0.39 is 0 Å². The van der Waals surface area contributed by atoms with Crippen LogP contribution in [0.1, 0.15) is 19.9 Å². The van der Waals surface area contributed by atoms with Crippen molar-refractivity contribution in [2.45, 2.75) is 19.9 Å². The predicted molar refractivity (Wildman–Crippen MR) is 75.9 cm³/mol. The van der Waals surface area contributed by atoms with E-state index in [0.717, 1.165) is 15.9 Å². The van der Waals surface area contributed by atoms with Gasteiger partial charge in [-0.15, -0.1) is 0 Å². The Hall–Kier alpha value is -0.650. The van der Waals surface area contributed by atoms with Gasteiger partial charge in [0, 0.05) is 16.1 Å². The zero-order valence-corrected chi connectivity index (χ0v) is 12.5. The lowest BCUT2D eigenvalue weighted by atomic mass is 10.2. The van der Waals surface area contributed by atoms with Gasteiger partial charge >= 0.3 is 0 Å². The molecule has 1 aromatic carbocycles. The van der Waals surface area contributed by atoms with Crippen LogP contribution in [0.15, 0.2) is 22.7 Å². The summed E-state index contributed by atoms with van der Waals surface area (Å²) in [4.78, 5) is 0. The number of hydrogen-bond acceptors (Lipinski definition) is 2. The highest BCUT2D eigenvalue weighted by molar-refractivity contribution is 9.10. The van der Waals surface area contributed by atoms with Gasteiger partial charge in [0.05, 0.1) is 5.02 Å². The number of H-pyrrole nitrogens is 1. The van der Waals surface area contributed by atoms with Crippen LogP contribution in [0.4, 0.5) is 0 Å². The van der Waals surface area contributed by atoms with E-state index in [1.807, 2.05) is 22.8 Å². The summed E-state index contributed by atoms with van der Waals surface area (Å²) >= 11 is 14.7.